The summed E-state index contributed by atoms with van der Waals surface area (Å²) in [4.78, 5) is 11.5. The van der Waals surface area contributed by atoms with Crippen molar-refractivity contribution in [1.82, 2.24) is 10.6 Å². The molecule has 0 aliphatic rings. The van der Waals surface area contributed by atoms with Crippen LogP contribution < -0.4 is 10.6 Å². The van der Waals surface area contributed by atoms with Gasteiger partial charge in [-0.2, -0.15) is 0 Å². The Kier molecular flexibility index (Phi) is 11.4. The van der Waals surface area contributed by atoms with E-state index in [1.54, 1.807) is 7.11 Å². The molecule has 2 N–H and O–H groups in total. The summed E-state index contributed by atoms with van der Waals surface area (Å²) in [5.74, 6) is 0.0929. The van der Waals surface area contributed by atoms with E-state index in [-0.39, 0.29) is 11.9 Å². The Hall–Kier alpha value is -0.650. The van der Waals surface area contributed by atoms with Crippen LogP contribution in [-0.2, 0) is 14.3 Å². The molecule has 0 aromatic carbocycles. The number of rotatable bonds is 11. The average Bonchev–Trinajstić information content (AvgIpc) is 2.28. The van der Waals surface area contributed by atoms with E-state index in [0.29, 0.717) is 32.8 Å². The SMILES string of the molecule is CCNC(C)CC(=O)NCCCOCCOC. The zero-order chi connectivity index (χ0) is 12.9. The Morgan fingerprint density at radius 1 is 1.29 bits per heavy atom. The van der Waals surface area contributed by atoms with Crippen LogP contribution in [0.15, 0.2) is 0 Å². The van der Waals surface area contributed by atoms with Crippen molar-refractivity contribution >= 4 is 5.91 Å². The van der Waals surface area contributed by atoms with Crippen LogP contribution in [0.25, 0.3) is 0 Å². The van der Waals surface area contributed by atoms with E-state index >= 15 is 0 Å². The first-order valence-corrected chi connectivity index (χ1v) is 6.27. The minimum atomic E-state index is 0.0929. The van der Waals surface area contributed by atoms with Crippen LogP contribution in [0, 0.1) is 0 Å². The molecule has 102 valence electrons. The monoisotopic (exact) mass is 246 g/mol. The smallest absolute Gasteiger partial charge is 0.221 e. The molecule has 0 heterocycles. The zero-order valence-electron chi connectivity index (χ0n) is 11.3. The first kappa shape index (κ1) is 16.4. The fourth-order valence-corrected chi connectivity index (χ4v) is 1.42. The minimum absolute atomic E-state index is 0.0929. The summed E-state index contributed by atoms with van der Waals surface area (Å²) in [6.45, 7) is 7.50. The Labute approximate surface area is 104 Å². The largest absolute Gasteiger partial charge is 0.382 e. The molecule has 0 aliphatic heterocycles. The molecular weight excluding hydrogens is 220 g/mol. The summed E-state index contributed by atoms with van der Waals surface area (Å²) < 4.78 is 10.1. The molecule has 0 saturated carbocycles. The van der Waals surface area contributed by atoms with Gasteiger partial charge in [0.05, 0.1) is 13.2 Å². The van der Waals surface area contributed by atoms with Crippen molar-refractivity contribution in [2.75, 3.05) is 40.0 Å². The molecule has 0 aromatic rings. The Balaban J connectivity index is 3.27. The van der Waals surface area contributed by atoms with Gasteiger partial charge < -0.3 is 20.1 Å². The molecule has 0 aliphatic carbocycles. The van der Waals surface area contributed by atoms with E-state index in [2.05, 4.69) is 10.6 Å². The van der Waals surface area contributed by atoms with Gasteiger partial charge in [0.15, 0.2) is 0 Å². The van der Waals surface area contributed by atoms with Gasteiger partial charge in [0.25, 0.3) is 0 Å². The van der Waals surface area contributed by atoms with Crippen molar-refractivity contribution in [3.8, 4) is 0 Å². The molecule has 1 atom stereocenters. The molecule has 17 heavy (non-hydrogen) atoms. The average molecular weight is 246 g/mol. The predicted octanol–water partition coefficient (Wildman–Crippen LogP) is 0.544. The normalized spacial score (nSPS) is 12.4. The van der Waals surface area contributed by atoms with Crippen molar-refractivity contribution in [3.63, 3.8) is 0 Å². The number of methoxy groups -OCH3 is 1. The molecule has 0 fully saturated rings. The van der Waals surface area contributed by atoms with E-state index in [1.807, 2.05) is 13.8 Å². The summed E-state index contributed by atoms with van der Waals surface area (Å²) in [7, 11) is 1.65. The highest BCUT2D eigenvalue weighted by molar-refractivity contribution is 5.76. The van der Waals surface area contributed by atoms with Crippen molar-refractivity contribution in [3.05, 3.63) is 0 Å². The van der Waals surface area contributed by atoms with Gasteiger partial charge in [-0.1, -0.05) is 6.92 Å². The topological polar surface area (TPSA) is 59.6 Å². The van der Waals surface area contributed by atoms with E-state index in [1.165, 1.54) is 0 Å². The molecule has 0 rings (SSSR count). The molecule has 5 heteroatoms. The first-order chi connectivity index (χ1) is 8.20. The fraction of sp³-hybridized carbons (Fsp3) is 0.917. The molecule has 0 radical (unpaired) electrons. The number of carbonyl (C=O) groups excluding carboxylic acids is 1. The maximum atomic E-state index is 11.5. The fourth-order valence-electron chi connectivity index (χ4n) is 1.42. The number of amides is 1. The maximum absolute atomic E-state index is 11.5. The second-order valence-corrected chi connectivity index (χ2v) is 3.97. The molecule has 0 bridgehead atoms. The highest BCUT2D eigenvalue weighted by Crippen LogP contribution is 1.90. The van der Waals surface area contributed by atoms with Crippen LogP contribution in [0.2, 0.25) is 0 Å². The standard InChI is InChI=1S/C12H26N2O3/c1-4-13-11(2)10-12(15)14-6-5-7-17-9-8-16-3/h11,13H,4-10H2,1-3H3,(H,14,15). The second kappa shape index (κ2) is 11.8. The van der Waals surface area contributed by atoms with Gasteiger partial charge in [0, 0.05) is 32.7 Å². The third kappa shape index (κ3) is 11.6. The van der Waals surface area contributed by atoms with Crippen LogP contribution in [0.4, 0.5) is 0 Å². The van der Waals surface area contributed by atoms with Crippen LogP contribution in [-0.4, -0.2) is 52.0 Å². The summed E-state index contributed by atoms with van der Waals surface area (Å²) in [5.41, 5.74) is 0. The summed E-state index contributed by atoms with van der Waals surface area (Å²) in [6, 6.07) is 0.234. The molecular formula is C12H26N2O3. The lowest BCUT2D eigenvalue weighted by molar-refractivity contribution is -0.121. The first-order valence-electron chi connectivity index (χ1n) is 6.27. The van der Waals surface area contributed by atoms with E-state index in [9.17, 15) is 4.79 Å². The van der Waals surface area contributed by atoms with Gasteiger partial charge in [-0.05, 0) is 19.9 Å². The zero-order valence-corrected chi connectivity index (χ0v) is 11.3. The van der Waals surface area contributed by atoms with Gasteiger partial charge in [0.2, 0.25) is 5.91 Å². The summed E-state index contributed by atoms with van der Waals surface area (Å²) >= 11 is 0. The van der Waals surface area contributed by atoms with Crippen LogP contribution in [0.1, 0.15) is 26.7 Å². The molecule has 5 nitrogen and oxygen atoms in total. The molecule has 0 spiro atoms. The lowest BCUT2D eigenvalue weighted by atomic mass is 10.2. The lowest BCUT2D eigenvalue weighted by Gasteiger charge is -2.12. The number of hydrogen-bond donors (Lipinski definition) is 2. The number of carbonyl (C=O) groups is 1. The van der Waals surface area contributed by atoms with Gasteiger partial charge in [0.1, 0.15) is 0 Å². The third-order valence-corrected chi connectivity index (χ3v) is 2.26. The van der Waals surface area contributed by atoms with E-state index in [4.69, 9.17) is 9.47 Å². The van der Waals surface area contributed by atoms with Gasteiger partial charge >= 0.3 is 0 Å². The Morgan fingerprint density at radius 3 is 2.71 bits per heavy atom. The summed E-state index contributed by atoms with van der Waals surface area (Å²) in [5, 5.41) is 6.07. The number of hydrogen-bond acceptors (Lipinski definition) is 4. The maximum Gasteiger partial charge on any atom is 0.221 e. The summed E-state index contributed by atoms with van der Waals surface area (Å²) in [6.07, 6.45) is 1.36. The van der Waals surface area contributed by atoms with E-state index in [0.717, 1.165) is 13.0 Å². The predicted molar refractivity (Wildman–Crippen MR) is 68.1 cm³/mol. The molecule has 1 unspecified atom stereocenters. The van der Waals surface area contributed by atoms with Crippen molar-refractivity contribution in [2.45, 2.75) is 32.7 Å². The van der Waals surface area contributed by atoms with Gasteiger partial charge in [-0.3, -0.25) is 4.79 Å². The number of ether oxygens (including phenoxy) is 2. The quantitative estimate of drug-likeness (QED) is 0.523. The van der Waals surface area contributed by atoms with Crippen LogP contribution >= 0.6 is 0 Å². The third-order valence-electron chi connectivity index (χ3n) is 2.26. The van der Waals surface area contributed by atoms with Crippen LogP contribution in [0.5, 0.6) is 0 Å². The van der Waals surface area contributed by atoms with Crippen molar-refractivity contribution < 1.29 is 14.3 Å². The van der Waals surface area contributed by atoms with Crippen molar-refractivity contribution in [1.29, 1.82) is 0 Å². The molecule has 1 amide bonds. The van der Waals surface area contributed by atoms with Crippen LogP contribution in [0.3, 0.4) is 0 Å². The second-order valence-electron chi connectivity index (χ2n) is 3.97. The molecule has 0 saturated heterocycles. The number of nitrogens with one attached hydrogen (secondary N) is 2. The Bertz CT molecular complexity index is 189. The Morgan fingerprint density at radius 2 is 2.06 bits per heavy atom. The van der Waals surface area contributed by atoms with Crippen molar-refractivity contribution in [2.24, 2.45) is 0 Å². The van der Waals surface area contributed by atoms with E-state index < -0.39 is 0 Å². The minimum Gasteiger partial charge on any atom is -0.382 e. The molecule has 0 aromatic heterocycles. The van der Waals surface area contributed by atoms with Gasteiger partial charge in [-0.25, -0.2) is 0 Å². The highest BCUT2D eigenvalue weighted by atomic mass is 16.5. The van der Waals surface area contributed by atoms with Gasteiger partial charge in [-0.15, -0.1) is 0 Å². The highest BCUT2D eigenvalue weighted by Gasteiger charge is 2.06. The lowest BCUT2D eigenvalue weighted by Crippen LogP contribution is -2.34.